The Morgan fingerprint density at radius 3 is 2.03 bits per heavy atom. The number of non-ortho nitro benzene ring substituents is 1. The number of ether oxygens (including phenoxy) is 2. The maximum atomic E-state index is 10.9. The van der Waals surface area contributed by atoms with E-state index in [4.69, 9.17) is 9.47 Å². The number of azo groups is 1. The topological polar surface area (TPSA) is 103 Å². The quantitative estimate of drug-likeness (QED) is 0.114. The minimum atomic E-state index is -0.458. The van der Waals surface area contributed by atoms with Crippen molar-refractivity contribution in [3.63, 3.8) is 0 Å². The summed E-state index contributed by atoms with van der Waals surface area (Å²) in [5, 5.41) is 18.8. The third kappa shape index (κ3) is 8.34. The lowest BCUT2D eigenvalue weighted by molar-refractivity contribution is -0.384. The highest BCUT2D eigenvalue weighted by molar-refractivity contribution is 5.81. The first-order valence-electron chi connectivity index (χ1n) is 9.27. The van der Waals surface area contributed by atoms with Crippen LogP contribution in [0.3, 0.4) is 0 Å². The molecule has 0 unspecified atom stereocenters. The molecule has 0 aromatic heterocycles. The molecule has 0 saturated heterocycles. The lowest BCUT2D eigenvalue weighted by Crippen LogP contribution is -2.02. The van der Waals surface area contributed by atoms with Gasteiger partial charge in [0.25, 0.3) is 5.69 Å². The van der Waals surface area contributed by atoms with Crippen LogP contribution in [0.5, 0.6) is 5.75 Å². The molecule has 0 radical (unpaired) electrons. The number of esters is 1. The number of rotatable bonds is 12. The van der Waals surface area contributed by atoms with Gasteiger partial charge in [-0.25, -0.2) is 4.79 Å². The Morgan fingerprint density at radius 1 is 0.931 bits per heavy atom. The predicted molar refractivity (Wildman–Crippen MR) is 109 cm³/mol. The highest BCUT2D eigenvalue weighted by atomic mass is 16.6. The number of nitro groups is 1. The van der Waals surface area contributed by atoms with E-state index in [-0.39, 0.29) is 11.7 Å². The number of benzene rings is 2. The lowest BCUT2D eigenvalue weighted by Gasteiger charge is -2.06. The molecule has 0 aliphatic carbocycles. The van der Waals surface area contributed by atoms with Gasteiger partial charge in [-0.3, -0.25) is 10.1 Å². The van der Waals surface area contributed by atoms with E-state index in [1.165, 1.54) is 12.1 Å². The summed E-state index contributed by atoms with van der Waals surface area (Å²) in [7, 11) is 0. The van der Waals surface area contributed by atoms with E-state index in [0.29, 0.717) is 24.6 Å². The maximum Gasteiger partial charge on any atom is 0.330 e. The molecule has 0 bridgehead atoms. The van der Waals surface area contributed by atoms with Crippen molar-refractivity contribution in [1.82, 2.24) is 0 Å². The van der Waals surface area contributed by atoms with Gasteiger partial charge < -0.3 is 9.47 Å². The summed E-state index contributed by atoms with van der Waals surface area (Å²) in [5.41, 5.74) is 1.21. The van der Waals surface area contributed by atoms with E-state index in [2.05, 4.69) is 16.8 Å². The zero-order chi connectivity index (χ0) is 20.9. The van der Waals surface area contributed by atoms with Crippen LogP contribution in [0, 0.1) is 10.1 Å². The standard InChI is InChI=1S/C21H23N3O5/c1-2-21(25)29-16-6-4-3-5-15-28-20-13-9-18(10-14-20)23-22-17-7-11-19(12-8-17)24(26)27/h2,7-14H,1,3-6,15-16H2/b23-22+. The van der Waals surface area contributed by atoms with Gasteiger partial charge in [-0.1, -0.05) is 6.58 Å². The van der Waals surface area contributed by atoms with Crippen LogP contribution in [0.15, 0.2) is 71.4 Å². The Balaban J connectivity index is 1.66. The van der Waals surface area contributed by atoms with E-state index in [1.807, 2.05) is 12.1 Å². The van der Waals surface area contributed by atoms with E-state index < -0.39 is 4.92 Å². The molecule has 2 aromatic carbocycles. The van der Waals surface area contributed by atoms with E-state index in [1.54, 1.807) is 24.3 Å². The lowest BCUT2D eigenvalue weighted by atomic mass is 10.2. The first-order valence-corrected chi connectivity index (χ1v) is 9.27. The maximum absolute atomic E-state index is 10.9. The molecule has 2 aromatic rings. The monoisotopic (exact) mass is 397 g/mol. The van der Waals surface area contributed by atoms with E-state index in [0.717, 1.165) is 37.5 Å². The van der Waals surface area contributed by atoms with Crippen molar-refractivity contribution < 1.29 is 19.2 Å². The summed E-state index contributed by atoms with van der Waals surface area (Å²) in [6.45, 7) is 4.37. The van der Waals surface area contributed by atoms with Crippen molar-refractivity contribution in [1.29, 1.82) is 0 Å². The van der Waals surface area contributed by atoms with E-state index in [9.17, 15) is 14.9 Å². The molecule has 0 atom stereocenters. The molecule has 0 heterocycles. The van der Waals surface area contributed by atoms with Gasteiger partial charge in [0.15, 0.2) is 0 Å². The summed E-state index contributed by atoms with van der Waals surface area (Å²) in [4.78, 5) is 21.1. The van der Waals surface area contributed by atoms with Crippen molar-refractivity contribution in [3.8, 4) is 5.75 Å². The average Bonchev–Trinajstić information content (AvgIpc) is 2.75. The van der Waals surface area contributed by atoms with Crippen LogP contribution in [-0.2, 0) is 9.53 Å². The van der Waals surface area contributed by atoms with Crippen molar-refractivity contribution in [2.75, 3.05) is 13.2 Å². The van der Waals surface area contributed by atoms with Gasteiger partial charge in [-0.2, -0.15) is 10.2 Å². The molecular formula is C21H23N3O5. The van der Waals surface area contributed by atoms with Gasteiger partial charge in [0, 0.05) is 18.2 Å². The van der Waals surface area contributed by atoms with Crippen LogP contribution >= 0.6 is 0 Å². The van der Waals surface area contributed by atoms with Crippen LogP contribution in [0.1, 0.15) is 25.7 Å². The van der Waals surface area contributed by atoms with Crippen molar-refractivity contribution >= 4 is 23.0 Å². The summed E-state index contributed by atoms with van der Waals surface area (Å²) in [6.07, 6.45) is 4.87. The Labute approximate surface area is 169 Å². The van der Waals surface area contributed by atoms with Crippen molar-refractivity contribution in [3.05, 3.63) is 71.3 Å². The van der Waals surface area contributed by atoms with Crippen molar-refractivity contribution in [2.45, 2.75) is 25.7 Å². The Kier molecular flexibility index (Phi) is 9.01. The molecule has 29 heavy (non-hydrogen) atoms. The van der Waals surface area contributed by atoms with Crippen LogP contribution in [0.25, 0.3) is 0 Å². The fraction of sp³-hybridized carbons (Fsp3) is 0.286. The van der Waals surface area contributed by atoms with Gasteiger partial charge >= 0.3 is 5.97 Å². The molecule has 0 aliphatic heterocycles. The second-order valence-corrected chi connectivity index (χ2v) is 6.10. The number of nitrogens with zero attached hydrogens (tertiary/aromatic N) is 3. The molecule has 0 saturated carbocycles. The highest BCUT2D eigenvalue weighted by Crippen LogP contribution is 2.23. The molecule has 0 fully saturated rings. The van der Waals surface area contributed by atoms with Gasteiger partial charge in [0.2, 0.25) is 0 Å². The van der Waals surface area contributed by atoms with Crippen LogP contribution in [0.4, 0.5) is 17.1 Å². The Bertz CT molecular complexity index is 832. The SMILES string of the molecule is C=CC(=O)OCCCCCCOc1ccc(/N=N/c2ccc([N+](=O)[O-])cc2)cc1. The normalized spacial score (nSPS) is 10.6. The zero-order valence-corrected chi connectivity index (χ0v) is 16.0. The number of nitro benzene ring substituents is 1. The summed E-state index contributed by atoms with van der Waals surface area (Å²) < 4.78 is 10.6. The molecule has 0 spiro atoms. The van der Waals surface area contributed by atoms with Gasteiger partial charge in [-0.05, 0) is 62.1 Å². The first kappa shape index (κ1) is 21.7. The molecule has 0 aliphatic rings. The second kappa shape index (κ2) is 12.0. The number of unbranched alkanes of at least 4 members (excludes halogenated alkanes) is 3. The summed E-state index contributed by atoms with van der Waals surface area (Å²) >= 11 is 0. The first-order chi connectivity index (χ1) is 14.1. The van der Waals surface area contributed by atoms with Crippen molar-refractivity contribution in [2.24, 2.45) is 10.2 Å². The van der Waals surface area contributed by atoms with Gasteiger partial charge in [0.05, 0.1) is 29.5 Å². The third-order valence-corrected chi connectivity index (χ3v) is 3.90. The molecule has 2 rings (SSSR count). The zero-order valence-electron chi connectivity index (χ0n) is 16.0. The van der Waals surface area contributed by atoms with Crippen LogP contribution in [-0.4, -0.2) is 24.1 Å². The average molecular weight is 397 g/mol. The highest BCUT2D eigenvalue weighted by Gasteiger charge is 2.03. The fourth-order valence-electron chi connectivity index (χ4n) is 2.34. The Hall–Kier alpha value is -3.55. The molecule has 0 amide bonds. The number of carbonyl (C=O) groups excluding carboxylic acids is 1. The number of carbonyl (C=O) groups is 1. The molecule has 0 N–H and O–H groups in total. The molecule has 152 valence electrons. The number of hydrogen-bond donors (Lipinski definition) is 0. The van der Waals surface area contributed by atoms with E-state index >= 15 is 0 Å². The Morgan fingerprint density at radius 2 is 1.48 bits per heavy atom. The minimum Gasteiger partial charge on any atom is -0.494 e. The van der Waals surface area contributed by atoms with Gasteiger partial charge in [0.1, 0.15) is 5.75 Å². The predicted octanol–water partition coefficient (Wildman–Crippen LogP) is 5.68. The minimum absolute atomic E-state index is 0.0154. The largest absolute Gasteiger partial charge is 0.494 e. The third-order valence-electron chi connectivity index (χ3n) is 3.90. The van der Waals surface area contributed by atoms with Crippen LogP contribution < -0.4 is 4.74 Å². The molecular weight excluding hydrogens is 374 g/mol. The summed E-state index contributed by atoms with van der Waals surface area (Å²) in [5.74, 6) is 0.364. The molecule has 8 nitrogen and oxygen atoms in total. The fourth-order valence-corrected chi connectivity index (χ4v) is 2.34. The number of hydrogen-bond acceptors (Lipinski definition) is 7. The smallest absolute Gasteiger partial charge is 0.330 e. The second-order valence-electron chi connectivity index (χ2n) is 6.10. The van der Waals surface area contributed by atoms with Gasteiger partial charge in [-0.15, -0.1) is 0 Å². The molecule has 8 heteroatoms. The summed E-state index contributed by atoms with van der Waals surface area (Å²) in [6, 6.07) is 13.1. The van der Waals surface area contributed by atoms with Crippen LogP contribution in [0.2, 0.25) is 0 Å².